The molecular weight excluding hydrogens is 411 g/mol. The van der Waals surface area contributed by atoms with Gasteiger partial charge in [0.1, 0.15) is 28.4 Å². The number of alkyl halides is 3. The van der Waals surface area contributed by atoms with E-state index in [1.807, 2.05) is 0 Å². The number of aromatic nitrogens is 2. The van der Waals surface area contributed by atoms with Crippen LogP contribution >= 0.6 is 0 Å². The Morgan fingerprint density at radius 3 is 2.58 bits per heavy atom. The Morgan fingerprint density at radius 2 is 1.97 bits per heavy atom. The van der Waals surface area contributed by atoms with Crippen molar-refractivity contribution in [3.05, 3.63) is 47.8 Å². The molecule has 0 bridgehead atoms. The molecule has 1 aromatic carbocycles. The van der Waals surface area contributed by atoms with Crippen molar-refractivity contribution in [1.82, 2.24) is 14.7 Å². The minimum absolute atomic E-state index is 0.0315. The molecule has 2 aromatic heterocycles. The number of nitrogens with zero attached hydrogens (tertiary/aromatic N) is 2. The summed E-state index contributed by atoms with van der Waals surface area (Å²) in [6.07, 6.45) is 4.88. The van der Waals surface area contributed by atoms with E-state index < -0.39 is 18.2 Å². The second-order valence-electron chi connectivity index (χ2n) is 7.94. The van der Waals surface area contributed by atoms with Crippen LogP contribution in [-0.2, 0) is 5.67 Å². The fraction of sp³-hybridized carbons (Fsp3) is 0.364. The maximum atomic E-state index is 14.3. The molecule has 31 heavy (non-hydrogen) atoms. The van der Waals surface area contributed by atoms with Gasteiger partial charge in [-0.1, -0.05) is 0 Å². The molecule has 1 aliphatic carbocycles. The van der Waals surface area contributed by atoms with Gasteiger partial charge in [-0.3, -0.25) is 9.20 Å². The number of methoxy groups -OCH3 is 1. The van der Waals surface area contributed by atoms with E-state index in [9.17, 15) is 18.0 Å². The molecule has 9 heteroatoms. The van der Waals surface area contributed by atoms with Gasteiger partial charge in [-0.25, -0.2) is 9.37 Å². The molecule has 0 saturated heterocycles. The number of ether oxygens (including phenoxy) is 2. The number of imidazole rings is 1. The van der Waals surface area contributed by atoms with Crippen molar-refractivity contribution >= 4 is 11.6 Å². The predicted molar refractivity (Wildman–Crippen MR) is 108 cm³/mol. The number of carbonyl (C=O) groups excluding carboxylic acids is 1. The quantitative estimate of drug-likeness (QED) is 0.586. The number of hydrogen-bond donors (Lipinski definition) is 1. The summed E-state index contributed by atoms with van der Waals surface area (Å²) in [6, 6.07) is 6.20. The molecule has 0 atom stereocenters. The van der Waals surface area contributed by atoms with Gasteiger partial charge in [-0.05, 0) is 56.5 Å². The number of nitrogens with one attached hydrogen (secondary N) is 1. The Morgan fingerprint density at radius 1 is 1.26 bits per heavy atom. The highest BCUT2D eigenvalue weighted by molar-refractivity contribution is 6.01. The molecule has 1 saturated carbocycles. The summed E-state index contributed by atoms with van der Waals surface area (Å²) < 4.78 is 52.2. The number of rotatable bonds is 7. The Kier molecular flexibility index (Phi) is 5.28. The van der Waals surface area contributed by atoms with Crippen LogP contribution in [0.5, 0.6) is 11.5 Å². The third-order valence-electron chi connectivity index (χ3n) is 5.14. The largest absolute Gasteiger partial charge is 0.496 e. The molecule has 6 nitrogen and oxygen atoms in total. The van der Waals surface area contributed by atoms with Crippen molar-refractivity contribution in [2.75, 3.05) is 7.11 Å². The van der Waals surface area contributed by atoms with E-state index in [1.165, 1.54) is 33.2 Å². The molecule has 0 spiro atoms. The Hall–Kier alpha value is -3.23. The standard InChI is InChI=1S/C22H22F3N3O3/c1-22(2,25)13-6-7-28-15(11-26-18(28)10-13)12-8-16(30-3)19(17(9-12)31-21(23)24)20(29)27-14-4-5-14/h6-11,14,21H,4-5H2,1-3H3,(H,27,29). The van der Waals surface area contributed by atoms with Gasteiger partial charge in [0.15, 0.2) is 0 Å². The molecular formula is C22H22F3N3O3. The first-order chi connectivity index (χ1) is 14.7. The highest BCUT2D eigenvalue weighted by Crippen LogP contribution is 2.37. The lowest BCUT2D eigenvalue weighted by molar-refractivity contribution is -0.0502. The Balaban J connectivity index is 1.82. The summed E-state index contributed by atoms with van der Waals surface area (Å²) in [5, 5.41) is 2.77. The van der Waals surface area contributed by atoms with Crippen molar-refractivity contribution < 1.29 is 27.4 Å². The molecule has 1 fully saturated rings. The van der Waals surface area contributed by atoms with Crippen LogP contribution in [0.25, 0.3) is 16.9 Å². The summed E-state index contributed by atoms with van der Waals surface area (Å²) >= 11 is 0. The number of hydrogen-bond acceptors (Lipinski definition) is 4. The number of carbonyl (C=O) groups is 1. The number of benzene rings is 1. The van der Waals surface area contributed by atoms with Crippen molar-refractivity contribution in [3.63, 3.8) is 0 Å². The highest BCUT2D eigenvalue weighted by Gasteiger charge is 2.29. The monoisotopic (exact) mass is 433 g/mol. The average molecular weight is 433 g/mol. The topological polar surface area (TPSA) is 64.9 Å². The minimum Gasteiger partial charge on any atom is -0.496 e. The minimum atomic E-state index is -3.12. The molecule has 4 rings (SSSR count). The zero-order valence-corrected chi connectivity index (χ0v) is 17.3. The van der Waals surface area contributed by atoms with Crippen LogP contribution in [0.4, 0.5) is 13.2 Å². The summed E-state index contributed by atoms with van der Waals surface area (Å²) in [5.41, 5.74) is 0.327. The third-order valence-corrected chi connectivity index (χ3v) is 5.14. The Labute approximate surface area is 177 Å². The number of fused-ring (bicyclic) bond motifs is 1. The van der Waals surface area contributed by atoms with Gasteiger partial charge in [0.2, 0.25) is 0 Å². The molecule has 0 radical (unpaired) electrons. The van der Waals surface area contributed by atoms with E-state index in [0.29, 0.717) is 22.5 Å². The first-order valence-electron chi connectivity index (χ1n) is 9.82. The first kappa shape index (κ1) is 21.0. The second kappa shape index (κ2) is 7.79. The molecule has 1 N–H and O–H groups in total. The first-order valence-corrected chi connectivity index (χ1v) is 9.82. The lowest BCUT2D eigenvalue weighted by Crippen LogP contribution is -2.26. The van der Waals surface area contributed by atoms with Crippen molar-refractivity contribution in [2.24, 2.45) is 0 Å². The summed E-state index contributed by atoms with van der Waals surface area (Å²) in [6.45, 7) is -0.219. The zero-order chi connectivity index (χ0) is 22.3. The fourth-order valence-corrected chi connectivity index (χ4v) is 3.36. The normalized spacial score (nSPS) is 14.2. The van der Waals surface area contributed by atoms with Gasteiger partial charge in [0.25, 0.3) is 5.91 Å². The molecule has 3 aromatic rings. The summed E-state index contributed by atoms with van der Waals surface area (Å²) in [5.74, 6) is -0.726. The summed E-state index contributed by atoms with van der Waals surface area (Å²) in [4.78, 5) is 17.0. The SMILES string of the molecule is COc1cc(-c2cnc3cc(C(C)(C)F)ccn23)cc(OC(F)F)c1C(=O)NC1CC1. The van der Waals surface area contributed by atoms with Crippen molar-refractivity contribution in [2.45, 2.75) is 45.0 Å². The van der Waals surface area contributed by atoms with E-state index in [4.69, 9.17) is 4.74 Å². The molecule has 164 valence electrons. The van der Waals surface area contributed by atoms with Gasteiger partial charge in [0.05, 0.1) is 19.0 Å². The second-order valence-corrected chi connectivity index (χ2v) is 7.94. The fourth-order valence-electron chi connectivity index (χ4n) is 3.36. The van der Waals surface area contributed by atoms with Gasteiger partial charge < -0.3 is 14.8 Å². The molecule has 0 aliphatic heterocycles. The lowest BCUT2D eigenvalue weighted by Gasteiger charge is -2.17. The van der Waals surface area contributed by atoms with E-state index in [0.717, 1.165) is 12.8 Å². The number of amides is 1. The molecule has 1 aliphatic rings. The van der Waals surface area contributed by atoms with E-state index in [2.05, 4.69) is 15.0 Å². The maximum Gasteiger partial charge on any atom is 0.387 e. The van der Waals surface area contributed by atoms with E-state index in [1.54, 1.807) is 28.8 Å². The smallest absolute Gasteiger partial charge is 0.387 e. The van der Waals surface area contributed by atoms with Crippen LogP contribution < -0.4 is 14.8 Å². The van der Waals surface area contributed by atoms with Crippen molar-refractivity contribution in [3.8, 4) is 22.8 Å². The van der Waals surface area contributed by atoms with Gasteiger partial charge >= 0.3 is 6.61 Å². The van der Waals surface area contributed by atoms with Crippen LogP contribution in [0.2, 0.25) is 0 Å². The van der Waals surface area contributed by atoms with Crippen molar-refractivity contribution in [1.29, 1.82) is 0 Å². The van der Waals surface area contributed by atoms with Crippen LogP contribution in [-0.4, -0.2) is 35.1 Å². The van der Waals surface area contributed by atoms with Crippen LogP contribution in [0.15, 0.2) is 36.7 Å². The molecule has 0 unspecified atom stereocenters. The molecule has 2 heterocycles. The Bertz CT molecular complexity index is 1130. The van der Waals surface area contributed by atoms with Gasteiger partial charge in [-0.2, -0.15) is 8.78 Å². The van der Waals surface area contributed by atoms with E-state index in [-0.39, 0.29) is 23.1 Å². The van der Waals surface area contributed by atoms with E-state index >= 15 is 0 Å². The number of pyridine rings is 1. The van der Waals surface area contributed by atoms with Crippen LogP contribution in [0, 0.1) is 0 Å². The predicted octanol–water partition coefficient (Wildman–Crippen LogP) is 4.71. The lowest BCUT2D eigenvalue weighted by atomic mass is 10.0. The third kappa shape index (κ3) is 4.30. The summed E-state index contributed by atoms with van der Waals surface area (Å²) in [7, 11) is 1.35. The maximum absolute atomic E-state index is 14.3. The zero-order valence-electron chi connectivity index (χ0n) is 17.3. The highest BCUT2D eigenvalue weighted by atomic mass is 19.3. The van der Waals surface area contributed by atoms with Gasteiger partial charge in [0, 0.05) is 17.8 Å². The molecule has 1 amide bonds. The number of halogens is 3. The van der Waals surface area contributed by atoms with Gasteiger partial charge in [-0.15, -0.1) is 0 Å². The van der Waals surface area contributed by atoms with Crippen LogP contribution in [0.1, 0.15) is 42.6 Å². The average Bonchev–Trinajstić information content (AvgIpc) is 3.40. The van der Waals surface area contributed by atoms with Crippen LogP contribution in [0.3, 0.4) is 0 Å².